The number of hydrogen-bond acceptors (Lipinski definition) is 3. The first-order valence-corrected chi connectivity index (χ1v) is 8.38. The number of H-pyrrole nitrogens is 2. The molecule has 0 saturated carbocycles. The highest BCUT2D eigenvalue weighted by Gasteiger charge is 2.32. The number of carbonyl (C=O) groups excluding carboxylic acids is 1. The largest absolute Gasteiger partial charge is 0.358 e. The molecule has 6 nitrogen and oxygen atoms in total. The standard InChI is InChI=1S/C18H21N5O/c1-11-14(13-6-3-4-7-15(13)19-11)10-17(24)23-9-5-8-16(23)18-20-12(2)21-22-18/h3-4,6-7,16,19H,5,8-10H2,1-2H3,(H,20,21,22). The zero-order valence-electron chi connectivity index (χ0n) is 14.0. The lowest BCUT2D eigenvalue weighted by atomic mass is 10.1. The van der Waals surface area contributed by atoms with Crippen molar-refractivity contribution in [2.75, 3.05) is 6.54 Å². The number of aromatic nitrogens is 4. The van der Waals surface area contributed by atoms with Gasteiger partial charge in [0.15, 0.2) is 5.82 Å². The summed E-state index contributed by atoms with van der Waals surface area (Å²) in [6.07, 6.45) is 2.34. The molecule has 4 rings (SSSR count). The molecule has 1 aliphatic rings. The molecule has 2 aromatic heterocycles. The Hall–Kier alpha value is -2.63. The third kappa shape index (κ3) is 2.48. The molecule has 0 aliphatic carbocycles. The summed E-state index contributed by atoms with van der Waals surface area (Å²) in [7, 11) is 0. The number of carbonyl (C=O) groups is 1. The van der Waals surface area contributed by atoms with Gasteiger partial charge in [0.1, 0.15) is 5.82 Å². The number of fused-ring (bicyclic) bond motifs is 1. The predicted molar refractivity (Wildman–Crippen MR) is 91.5 cm³/mol. The van der Waals surface area contributed by atoms with Crippen LogP contribution in [0.2, 0.25) is 0 Å². The quantitative estimate of drug-likeness (QED) is 0.778. The van der Waals surface area contributed by atoms with Gasteiger partial charge in [-0.2, -0.15) is 5.10 Å². The summed E-state index contributed by atoms with van der Waals surface area (Å²) in [5, 5.41) is 8.27. The normalized spacial score (nSPS) is 17.8. The van der Waals surface area contributed by atoms with Crippen LogP contribution in [0.15, 0.2) is 24.3 Å². The Labute approximate surface area is 140 Å². The highest BCUT2D eigenvalue weighted by molar-refractivity contribution is 5.90. The summed E-state index contributed by atoms with van der Waals surface area (Å²) in [4.78, 5) is 22.7. The van der Waals surface area contributed by atoms with Crippen molar-refractivity contribution in [1.29, 1.82) is 0 Å². The minimum Gasteiger partial charge on any atom is -0.358 e. The van der Waals surface area contributed by atoms with E-state index in [-0.39, 0.29) is 11.9 Å². The number of hydrogen-bond donors (Lipinski definition) is 2. The van der Waals surface area contributed by atoms with Crippen LogP contribution in [0.3, 0.4) is 0 Å². The first-order chi connectivity index (χ1) is 11.6. The molecule has 24 heavy (non-hydrogen) atoms. The summed E-state index contributed by atoms with van der Waals surface area (Å²) < 4.78 is 0. The van der Waals surface area contributed by atoms with E-state index in [4.69, 9.17) is 0 Å². The Kier molecular flexibility index (Phi) is 3.59. The van der Waals surface area contributed by atoms with Crippen LogP contribution in [-0.2, 0) is 11.2 Å². The SMILES string of the molecule is Cc1nc(C2CCCN2C(=O)Cc2c(C)[nH]c3ccccc23)n[nH]1. The maximum absolute atomic E-state index is 12.9. The molecule has 0 radical (unpaired) electrons. The molecule has 1 aromatic carbocycles. The Morgan fingerprint density at radius 2 is 2.17 bits per heavy atom. The molecule has 1 fully saturated rings. The van der Waals surface area contributed by atoms with Gasteiger partial charge in [0.25, 0.3) is 0 Å². The number of nitrogens with zero attached hydrogens (tertiary/aromatic N) is 3. The molecule has 124 valence electrons. The maximum Gasteiger partial charge on any atom is 0.227 e. The summed E-state index contributed by atoms with van der Waals surface area (Å²) >= 11 is 0. The Morgan fingerprint density at radius 1 is 1.33 bits per heavy atom. The number of nitrogens with one attached hydrogen (secondary N) is 2. The Morgan fingerprint density at radius 3 is 2.96 bits per heavy atom. The Bertz CT molecular complexity index is 894. The molecule has 1 saturated heterocycles. The van der Waals surface area contributed by atoms with Gasteiger partial charge in [-0.3, -0.25) is 9.89 Å². The van der Waals surface area contributed by atoms with Crippen LogP contribution in [0.5, 0.6) is 0 Å². The fraction of sp³-hybridized carbons (Fsp3) is 0.389. The molecule has 6 heteroatoms. The van der Waals surface area contributed by atoms with Gasteiger partial charge in [0.05, 0.1) is 12.5 Å². The number of aryl methyl sites for hydroxylation is 2. The number of likely N-dealkylation sites (tertiary alicyclic amines) is 1. The molecule has 1 amide bonds. The second-order valence-corrected chi connectivity index (χ2v) is 6.48. The van der Waals surface area contributed by atoms with E-state index in [0.717, 1.165) is 53.2 Å². The molecular formula is C18H21N5O. The Balaban J connectivity index is 1.60. The van der Waals surface area contributed by atoms with E-state index in [1.54, 1.807) is 0 Å². The van der Waals surface area contributed by atoms with Gasteiger partial charge in [0, 0.05) is 23.1 Å². The second kappa shape index (κ2) is 5.78. The second-order valence-electron chi connectivity index (χ2n) is 6.48. The number of aromatic amines is 2. The van der Waals surface area contributed by atoms with Crippen molar-refractivity contribution in [3.8, 4) is 0 Å². The van der Waals surface area contributed by atoms with Crippen molar-refractivity contribution in [3.63, 3.8) is 0 Å². The van der Waals surface area contributed by atoms with Crippen LogP contribution in [0.1, 0.15) is 41.8 Å². The molecule has 3 heterocycles. The highest BCUT2D eigenvalue weighted by atomic mass is 16.2. The van der Waals surface area contributed by atoms with Crippen molar-refractivity contribution < 1.29 is 4.79 Å². The average Bonchev–Trinajstić information content (AvgIpc) is 3.27. The molecule has 3 aromatic rings. The molecule has 0 bridgehead atoms. The first-order valence-electron chi connectivity index (χ1n) is 8.38. The van der Waals surface area contributed by atoms with Crippen molar-refractivity contribution in [3.05, 3.63) is 47.2 Å². The van der Waals surface area contributed by atoms with Crippen LogP contribution in [0, 0.1) is 13.8 Å². The van der Waals surface area contributed by atoms with E-state index >= 15 is 0 Å². The zero-order chi connectivity index (χ0) is 16.7. The van der Waals surface area contributed by atoms with E-state index in [1.165, 1.54) is 0 Å². The molecule has 1 unspecified atom stereocenters. The first kappa shape index (κ1) is 14.9. The fourth-order valence-electron chi connectivity index (χ4n) is 3.66. The third-order valence-corrected chi connectivity index (χ3v) is 4.84. The molecule has 1 aliphatic heterocycles. The van der Waals surface area contributed by atoms with Gasteiger partial charge in [-0.1, -0.05) is 18.2 Å². The van der Waals surface area contributed by atoms with E-state index in [9.17, 15) is 4.79 Å². The van der Waals surface area contributed by atoms with Crippen LogP contribution in [0.25, 0.3) is 10.9 Å². The van der Waals surface area contributed by atoms with Gasteiger partial charge >= 0.3 is 0 Å². The van der Waals surface area contributed by atoms with Crippen molar-refractivity contribution in [2.24, 2.45) is 0 Å². The lowest BCUT2D eigenvalue weighted by Crippen LogP contribution is -2.32. The molecule has 1 atom stereocenters. The van der Waals surface area contributed by atoms with Crippen LogP contribution in [0.4, 0.5) is 0 Å². The summed E-state index contributed by atoms with van der Waals surface area (Å²) in [6.45, 7) is 4.69. The number of para-hydroxylation sites is 1. The van der Waals surface area contributed by atoms with Crippen molar-refractivity contribution >= 4 is 16.8 Å². The predicted octanol–water partition coefficient (Wildman–Crippen LogP) is 2.81. The summed E-state index contributed by atoms with van der Waals surface area (Å²) in [5.41, 5.74) is 3.24. The van der Waals surface area contributed by atoms with Crippen LogP contribution < -0.4 is 0 Å². The monoisotopic (exact) mass is 323 g/mol. The van der Waals surface area contributed by atoms with Crippen molar-refractivity contribution in [2.45, 2.75) is 39.2 Å². The summed E-state index contributed by atoms with van der Waals surface area (Å²) in [5.74, 6) is 1.67. The van der Waals surface area contributed by atoms with Crippen LogP contribution in [-0.4, -0.2) is 37.5 Å². The smallest absolute Gasteiger partial charge is 0.227 e. The lowest BCUT2D eigenvalue weighted by molar-refractivity contribution is -0.131. The van der Waals surface area contributed by atoms with Gasteiger partial charge < -0.3 is 9.88 Å². The van der Waals surface area contributed by atoms with Gasteiger partial charge in [-0.15, -0.1) is 0 Å². The highest BCUT2D eigenvalue weighted by Crippen LogP contribution is 2.31. The molecular weight excluding hydrogens is 302 g/mol. The van der Waals surface area contributed by atoms with Gasteiger partial charge in [-0.05, 0) is 38.3 Å². The third-order valence-electron chi connectivity index (χ3n) is 4.84. The minimum atomic E-state index is -0.00652. The minimum absolute atomic E-state index is 0.00652. The fourth-order valence-corrected chi connectivity index (χ4v) is 3.66. The zero-order valence-corrected chi connectivity index (χ0v) is 14.0. The van der Waals surface area contributed by atoms with E-state index < -0.39 is 0 Å². The van der Waals surface area contributed by atoms with Gasteiger partial charge in [-0.25, -0.2) is 4.98 Å². The average molecular weight is 323 g/mol. The molecule has 0 spiro atoms. The van der Waals surface area contributed by atoms with Gasteiger partial charge in [0.2, 0.25) is 5.91 Å². The van der Waals surface area contributed by atoms with E-state index in [2.05, 4.69) is 26.2 Å². The van der Waals surface area contributed by atoms with E-state index in [0.29, 0.717) is 6.42 Å². The maximum atomic E-state index is 12.9. The topological polar surface area (TPSA) is 77.7 Å². The molecule has 2 N–H and O–H groups in total. The number of rotatable bonds is 3. The van der Waals surface area contributed by atoms with E-state index in [1.807, 2.05) is 36.9 Å². The van der Waals surface area contributed by atoms with Crippen LogP contribution >= 0.6 is 0 Å². The number of amides is 1. The number of benzene rings is 1. The van der Waals surface area contributed by atoms with Crippen molar-refractivity contribution in [1.82, 2.24) is 25.1 Å². The lowest BCUT2D eigenvalue weighted by Gasteiger charge is -2.22. The summed E-state index contributed by atoms with van der Waals surface area (Å²) in [6, 6.07) is 8.13.